The minimum absolute atomic E-state index is 0.116. The van der Waals surface area contributed by atoms with Crippen LogP contribution in [0.1, 0.15) is 32.1 Å². The number of esters is 2. The van der Waals surface area contributed by atoms with Crippen molar-refractivity contribution in [1.82, 2.24) is 0 Å². The highest BCUT2D eigenvalue weighted by molar-refractivity contribution is 7.87. The summed E-state index contributed by atoms with van der Waals surface area (Å²) in [5.74, 6) is -3.59. The van der Waals surface area contributed by atoms with Gasteiger partial charge in [-0.2, -0.15) is 17.2 Å². The molecule has 4 bridgehead atoms. The molecule has 4 fully saturated rings. The molecule has 9 nitrogen and oxygen atoms in total. The lowest BCUT2D eigenvalue weighted by molar-refractivity contribution is -0.204. The second-order valence-corrected chi connectivity index (χ2v) is 9.51. The maximum atomic E-state index is 13.5. The minimum atomic E-state index is -5.95. The van der Waals surface area contributed by atoms with Crippen molar-refractivity contribution in [1.29, 1.82) is 0 Å². The fourth-order valence-corrected chi connectivity index (χ4v) is 5.35. The van der Waals surface area contributed by atoms with Gasteiger partial charge in [0, 0.05) is 0 Å². The normalized spacial score (nSPS) is 35.5. The zero-order valence-corrected chi connectivity index (χ0v) is 15.6. The van der Waals surface area contributed by atoms with E-state index in [0.717, 1.165) is 0 Å². The molecule has 0 radical (unpaired) electrons. The van der Waals surface area contributed by atoms with Crippen molar-refractivity contribution in [3.63, 3.8) is 0 Å². The molecule has 3 atom stereocenters. The van der Waals surface area contributed by atoms with Gasteiger partial charge in [0.2, 0.25) is 0 Å². The lowest BCUT2D eigenvalue weighted by Gasteiger charge is -2.57. The Morgan fingerprint density at radius 2 is 1.75 bits per heavy atom. The molecule has 4 aliphatic rings. The SMILES string of the molecule is O=C(OCC(O)CO)C12CC3CC(C1)C(OC(=O)C(F)(F)S(=O)(=O)O)C(C3)C2. The van der Waals surface area contributed by atoms with Gasteiger partial charge in [0.1, 0.15) is 18.8 Å². The highest BCUT2D eigenvalue weighted by Crippen LogP contribution is 2.61. The van der Waals surface area contributed by atoms with E-state index in [1.54, 1.807) is 0 Å². The molecule has 3 N–H and O–H groups in total. The van der Waals surface area contributed by atoms with Gasteiger partial charge in [0.15, 0.2) is 0 Å². The third-order valence-electron chi connectivity index (χ3n) is 6.04. The number of rotatable bonds is 7. The van der Waals surface area contributed by atoms with Gasteiger partial charge in [-0.05, 0) is 49.9 Å². The summed E-state index contributed by atoms with van der Waals surface area (Å²) in [5, 5.41) is 13.1. The Balaban J connectivity index is 1.71. The van der Waals surface area contributed by atoms with Crippen molar-refractivity contribution < 1.29 is 51.0 Å². The quantitative estimate of drug-likeness (QED) is 0.379. The smallest absolute Gasteiger partial charge is 0.462 e. The van der Waals surface area contributed by atoms with Gasteiger partial charge in [0.05, 0.1) is 12.0 Å². The molecule has 0 spiro atoms. The summed E-state index contributed by atoms with van der Waals surface area (Å²) in [7, 11) is -5.95. The molecule has 12 heteroatoms. The van der Waals surface area contributed by atoms with Crippen molar-refractivity contribution in [3.05, 3.63) is 0 Å². The van der Waals surface area contributed by atoms with Crippen molar-refractivity contribution in [2.75, 3.05) is 13.2 Å². The third kappa shape index (κ3) is 3.62. The van der Waals surface area contributed by atoms with E-state index in [2.05, 4.69) is 0 Å². The molecule has 0 heterocycles. The number of alkyl halides is 2. The van der Waals surface area contributed by atoms with Crippen LogP contribution in [-0.4, -0.2) is 65.8 Å². The summed E-state index contributed by atoms with van der Waals surface area (Å²) in [4.78, 5) is 24.3. The van der Waals surface area contributed by atoms with Crippen LogP contribution >= 0.6 is 0 Å². The highest BCUT2D eigenvalue weighted by atomic mass is 32.2. The van der Waals surface area contributed by atoms with Crippen LogP contribution in [0.4, 0.5) is 8.78 Å². The zero-order chi connectivity index (χ0) is 20.9. The Labute approximate surface area is 159 Å². The molecule has 3 unspecified atom stereocenters. The van der Waals surface area contributed by atoms with Crippen LogP contribution in [0.5, 0.6) is 0 Å². The number of halogens is 2. The summed E-state index contributed by atoms with van der Waals surface area (Å²) in [6, 6.07) is 0. The van der Waals surface area contributed by atoms with Crippen molar-refractivity contribution in [2.24, 2.45) is 23.2 Å². The molecule has 0 aromatic rings. The molecular weight excluding hydrogens is 406 g/mol. The Kier molecular flexibility index (Phi) is 5.45. The minimum Gasteiger partial charge on any atom is -0.462 e. The van der Waals surface area contributed by atoms with Crippen molar-refractivity contribution >= 4 is 22.1 Å². The molecule has 4 rings (SSSR count). The van der Waals surface area contributed by atoms with Crippen LogP contribution in [0.3, 0.4) is 0 Å². The van der Waals surface area contributed by atoms with E-state index in [9.17, 15) is 31.9 Å². The molecule has 28 heavy (non-hydrogen) atoms. The van der Waals surface area contributed by atoms with Crippen molar-refractivity contribution in [3.8, 4) is 0 Å². The Morgan fingerprint density at radius 3 is 2.25 bits per heavy atom. The number of aliphatic hydroxyl groups excluding tert-OH is 2. The predicted molar refractivity (Wildman–Crippen MR) is 86.4 cm³/mol. The summed E-state index contributed by atoms with van der Waals surface area (Å²) in [6.45, 7) is -0.926. The lowest BCUT2D eigenvalue weighted by Crippen LogP contribution is -2.58. The Bertz CT molecular complexity index is 737. The molecule has 0 amide bonds. The number of aliphatic hydroxyl groups is 2. The number of carbonyl (C=O) groups excluding carboxylic acids is 2. The summed E-state index contributed by atoms with van der Waals surface area (Å²) >= 11 is 0. The van der Waals surface area contributed by atoms with Gasteiger partial charge < -0.3 is 19.7 Å². The molecule has 160 valence electrons. The first-order valence-electron chi connectivity index (χ1n) is 8.91. The average Bonchev–Trinajstić information content (AvgIpc) is 2.60. The zero-order valence-electron chi connectivity index (χ0n) is 14.8. The summed E-state index contributed by atoms with van der Waals surface area (Å²) in [5.41, 5.74) is -0.875. The van der Waals surface area contributed by atoms with Crippen LogP contribution in [-0.2, 0) is 29.2 Å². The largest absolute Gasteiger partial charge is 0.465 e. The molecule has 0 saturated heterocycles. The third-order valence-corrected chi connectivity index (χ3v) is 6.86. The van der Waals surface area contributed by atoms with Gasteiger partial charge in [0.25, 0.3) is 0 Å². The maximum absolute atomic E-state index is 13.5. The van der Waals surface area contributed by atoms with Gasteiger partial charge >= 0.3 is 27.3 Å². The monoisotopic (exact) mass is 428 g/mol. The van der Waals surface area contributed by atoms with Crippen molar-refractivity contribution in [2.45, 2.75) is 49.6 Å². The summed E-state index contributed by atoms with van der Waals surface area (Å²) in [6.07, 6.45) is -0.0988. The van der Waals surface area contributed by atoms with Gasteiger partial charge in [-0.25, -0.2) is 4.79 Å². The van der Waals surface area contributed by atoms with E-state index in [1.165, 1.54) is 0 Å². The van der Waals surface area contributed by atoms with Gasteiger partial charge in [-0.1, -0.05) is 0 Å². The highest BCUT2D eigenvalue weighted by Gasteiger charge is 2.62. The van der Waals surface area contributed by atoms with E-state index >= 15 is 0 Å². The number of hydrogen-bond donors (Lipinski definition) is 3. The Morgan fingerprint density at radius 1 is 1.18 bits per heavy atom. The predicted octanol–water partition coefficient (Wildman–Crippen LogP) is 0.101. The van der Waals surface area contributed by atoms with E-state index in [0.29, 0.717) is 19.3 Å². The van der Waals surface area contributed by atoms with Crippen LogP contribution < -0.4 is 0 Å². The molecule has 4 aliphatic carbocycles. The molecule has 0 aliphatic heterocycles. The molecule has 0 aromatic carbocycles. The lowest BCUT2D eigenvalue weighted by atomic mass is 9.48. The second-order valence-electron chi connectivity index (χ2n) is 8.05. The number of carbonyl (C=O) groups is 2. The first-order chi connectivity index (χ1) is 12.9. The van der Waals surface area contributed by atoms with E-state index < -0.39 is 63.4 Å². The van der Waals surface area contributed by atoms with E-state index in [1.807, 2.05) is 0 Å². The average molecular weight is 428 g/mol. The first-order valence-corrected chi connectivity index (χ1v) is 10.4. The molecular formula is C16H22F2O9S. The van der Waals surface area contributed by atoms with Gasteiger partial charge in [-0.15, -0.1) is 0 Å². The van der Waals surface area contributed by atoms with E-state index in [-0.39, 0.29) is 25.4 Å². The number of hydrogen-bond acceptors (Lipinski definition) is 8. The summed E-state index contributed by atoms with van der Waals surface area (Å²) < 4.78 is 67.0. The Hall–Kier alpha value is -1.37. The van der Waals surface area contributed by atoms with Crippen LogP contribution in [0, 0.1) is 23.2 Å². The van der Waals surface area contributed by atoms with E-state index in [4.69, 9.17) is 19.1 Å². The standard InChI is InChI=1S/C16H22F2O9S/c17-16(18,28(23,24)25)14(22)27-12-9-1-8-2-10(12)5-15(3-8,4-9)13(21)26-7-11(20)6-19/h8-12,19-20H,1-7H2,(H,23,24,25). The molecule has 0 aromatic heterocycles. The topological polar surface area (TPSA) is 147 Å². The fraction of sp³-hybridized carbons (Fsp3) is 0.875. The van der Waals surface area contributed by atoms with Crippen LogP contribution in [0.2, 0.25) is 0 Å². The van der Waals surface area contributed by atoms with Crippen LogP contribution in [0.15, 0.2) is 0 Å². The fourth-order valence-electron chi connectivity index (χ4n) is 5.10. The van der Waals surface area contributed by atoms with Gasteiger partial charge in [-0.3, -0.25) is 9.35 Å². The number of ether oxygens (including phenoxy) is 2. The maximum Gasteiger partial charge on any atom is 0.465 e. The second kappa shape index (κ2) is 7.15. The molecule has 4 saturated carbocycles. The first kappa shape index (κ1) is 21.3. The van der Waals surface area contributed by atoms with Crippen LogP contribution in [0.25, 0.3) is 0 Å².